The van der Waals surface area contributed by atoms with E-state index < -0.39 is 24.0 Å². The third-order valence-electron chi connectivity index (χ3n) is 5.70. The highest BCUT2D eigenvalue weighted by atomic mass is 16.5. The Balaban J connectivity index is 1.74. The number of aromatic hydroxyl groups is 2. The highest BCUT2D eigenvalue weighted by molar-refractivity contribution is 5.98. The second-order valence-electron chi connectivity index (χ2n) is 8.50. The monoisotopic (exact) mass is 574 g/mol. The fourth-order valence-electron chi connectivity index (χ4n) is 3.78. The molecule has 0 atom stereocenters. The molecular weight excluding hydrogens is 544 g/mol. The first-order valence-electron chi connectivity index (χ1n) is 11.8. The Kier molecular flexibility index (Phi) is 9.54. The van der Waals surface area contributed by atoms with Crippen molar-refractivity contribution in [1.82, 2.24) is 0 Å². The molecule has 0 radical (unpaired) electrons. The van der Waals surface area contributed by atoms with Gasteiger partial charge in [0.05, 0.1) is 51.2 Å². The molecule has 0 saturated carbocycles. The van der Waals surface area contributed by atoms with Crippen molar-refractivity contribution >= 4 is 53.1 Å². The Labute approximate surface area is 233 Å². The van der Waals surface area contributed by atoms with Crippen LogP contribution in [0.15, 0.2) is 36.7 Å². The van der Waals surface area contributed by atoms with Crippen LogP contribution in [-0.2, 0) is 19.1 Å². The van der Waals surface area contributed by atoms with Gasteiger partial charge >= 0.3 is 18.5 Å². The van der Waals surface area contributed by atoms with E-state index in [0.29, 0.717) is 0 Å². The first kappa shape index (κ1) is 30.0. The van der Waals surface area contributed by atoms with E-state index in [4.69, 9.17) is 9.47 Å². The van der Waals surface area contributed by atoms with Gasteiger partial charge in [-0.25, -0.2) is 9.59 Å². The van der Waals surface area contributed by atoms with Crippen LogP contribution in [0.25, 0.3) is 0 Å². The lowest BCUT2D eigenvalue weighted by atomic mass is 10.2. The van der Waals surface area contributed by atoms with Crippen molar-refractivity contribution in [3.05, 3.63) is 36.7 Å². The number of phenolic OH excluding ortho intramolecular Hbond substituents is 2. The molecule has 0 spiro atoms. The molecule has 3 rings (SSSR count). The van der Waals surface area contributed by atoms with Gasteiger partial charge < -0.3 is 39.8 Å². The van der Waals surface area contributed by atoms with Crippen LogP contribution < -0.4 is 35.7 Å². The number of nitrogens with one attached hydrogen (secondary N) is 5. The average molecular weight is 575 g/mol. The van der Waals surface area contributed by atoms with Crippen molar-refractivity contribution in [2.45, 2.75) is 0 Å². The SMILES string of the molecule is COC(=O)Nc1cc(OC)c(NC(=O)C[N+]2(CC(=O)Nc3cc(O)c(NC(=O)OC)cc3OC)C=C[NH+]=C2)cc1O. The lowest BCUT2D eigenvalue weighted by Crippen LogP contribution is -2.64. The van der Waals surface area contributed by atoms with E-state index in [2.05, 4.69) is 35.7 Å². The molecule has 41 heavy (non-hydrogen) atoms. The standard InChI is InChI=1S/C25H28N6O10/c1-38-20-9-14(29-24(36)40-3)18(32)7-16(20)27-22(34)11-31(6-5-26-13-31)12-23(35)28-17-8-19(33)15(10-21(17)39-2)30-25(37)41-4/h5-10,13H,11-12H2,1-4H3,(H5-,27,28,29,30,32,33,34,35,36,37)/p+2. The summed E-state index contributed by atoms with van der Waals surface area (Å²) in [7, 11) is 5.01. The van der Waals surface area contributed by atoms with Gasteiger partial charge in [-0.15, -0.1) is 0 Å². The van der Waals surface area contributed by atoms with E-state index in [1.165, 1.54) is 44.8 Å². The van der Waals surface area contributed by atoms with Gasteiger partial charge in [0.2, 0.25) is 6.20 Å². The zero-order chi connectivity index (χ0) is 30.2. The number of methoxy groups -OCH3 is 4. The normalized spacial score (nSPS) is 12.7. The Morgan fingerprint density at radius 2 is 1.15 bits per heavy atom. The molecule has 0 unspecified atom stereocenters. The second-order valence-corrected chi connectivity index (χ2v) is 8.50. The molecule has 0 aliphatic carbocycles. The molecule has 7 N–H and O–H groups in total. The molecule has 4 amide bonds. The van der Waals surface area contributed by atoms with Gasteiger partial charge in [0.1, 0.15) is 23.0 Å². The summed E-state index contributed by atoms with van der Waals surface area (Å²) in [5.74, 6) is -1.50. The van der Waals surface area contributed by atoms with E-state index in [-0.39, 0.29) is 63.3 Å². The molecule has 1 aliphatic rings. The number of quaternary nitrogens is 1. The summed E-state index contributed by atoms with van der Waals surface area (Å²) in [5, 5.41) is 30.5. The van der Waals surface area contributed by atoms with E-state index >= 15 is 0 Å². The van der Waals surface area contributed by atoms with Gasteiger partial charge in [0, 0.05) is 24.3 Å². The summed E-state index contributed by atoms with van der Waals surface area (Å²) >= 11 is 0. The van der Waals surface area contributed by atoms with Crippen molar-refractivity contribution in [2.75, 3.05) is 62.8 Å². The van der Waals surface area contributed by atoms with Gasteiger partial charge in [0.25, 0.3) is 11.8 Å². The summed E-state index contributed by atoms with van der Waals surface area (Å²) < 4.78 is 19.3. The van der Waals surface area contributed by atoms with Crippen LogP contribution in [0.3, 0.4) is 0 Å². The number of hydrogen-bond acceptors (Lipinski definition) is 10. The van der Waals surface area contributed by atoms with Crippen LogP contribution in [0.1, 0.15) is 0 Å². The Morgan fingerprint density at radius 3 is 1.49 bits per heavy atom. The lowest BCUT2D eigenvalue weighted by Gasteiger charge is -2.23. The van der Waals surface area contributed by atoms with Crippen molar-refractivity contribution < 1.29 is 57.8 Å². The molecule has 2 aromatic carbocycles. The van der Waals surface area contributed by atoms with Gasteiger partial charge in [-0.2, -0.15) is 9.48 Å². The molecule has 16 heteroatoms. The first-order chi connectivity index (χ1) is 19.5. The van der Waals surface area contributed by atoms with E-state index in [0.717, 1.165) is 14.2 Å². The lowest BCUT2D eigenvalue weighted by molar-refractivity contribution is -0.770. The van der Waals surface area contributed by atoms with Crippen LogP contribution in [0.2, 0.25) is 0 Å². The summed E-state index contributed by atoms with van der Waals surface area (Å²) in [5.41, 5.74) is 0.236. The maximum absolute atomic E-state index is 13.0. The molecule has 0 saturated heterocycles. The highest BCUT2D eigenvalue weighted by Crippen LogP contribution is 2.37. The minimum atomic E-state index is -0.811. The largest absolute Gasteiger partial charge is 0.506 e. The van der Waals surface area contributed by atoms with Gasteiger partial charge in [0.15, 0.2) is 19.3 Å². The third-order valence-corrected chi connectivity index (χ3v) is 5.70. The number of nitrogens with zero attached hydrogens (tertiary/aromatic N) is 1. The third kappa shape index (κ3) is 7.54. The van der Waals surface area contributed by atoms with Crippen LogP contribution in [0, 0.1) is 0 Å². The van der Waals surface area contributed by atoms with Crippen molar-refractivity contribution in [2.24, 2.45) is 0 Å². The number of carbonyl (C=O) groups is 4. The number of phenols is 2. The predicted molar refractivity (Wildman–Crippen MR) is 145 cm³/mol. The molecule has 1 heterocycles. The molecule has 2 aromatic rings. The molecular formula is C25H30N6O10+2. The van der Waals surface area contributed by atoms with E-state index in [1.54, 1.807) is 12.4 Å². The van der Waals surface area contributed by atoms with Crippen LogP contribution >= 0.6 is 0 Å². The maximum atomic E-state index is 13.0. The highest BCUT2D eigenvalue weighted by Gasteiger charge is 2.36. The minimum Gasteiger partial charge on any atom is -0.506 e. The number of benzene rings is 2. The summed E-state index contributed by atoms with van der Waals surface area (Å²) in [6.45, 7) is -0.485. The molecule has 0 bridgehead atoms. The maximum Gasteiger partial charge on any atom is 0.411 e. The molecule has 0 aromatic heterocycles. The number of ether oxygens (including phenoxy) is 4. The van der Waals surface area contributed by atoms with Crippen LogP contribution in [0.4, 0.5) is 32.3 Å². The fraction of sp³-hybridized carbons (Fsp3) is 0.240. The molecule has 218 valence electrons. The van der Waals surface area contributed by atoms with Gasteiger partial charge in [-0.1, -0.05) is 0 Å². The van der Waals surface area contributed by atoms with Crippen molar-refractivity contribution in [3.8, 4) is 23.0 Å². The molecule has 0 fully saturated rings. The van der Waals surface area contributed by atoms with Gasteiger partial charge in [-0.3, -0.25) is 20.2 Å². The number of rotatable bonds is 10. The Hall–Kier alpha value is -5.51. The second kappa shape index (κ2) is 13.0. The zero-order valence-electron chi connectivity index (χ0n) is 22.6. The minimum absolute atomic E-state index is 0.00227. The smallest absolute Gasteiger partial charge is 0.411 e. The molecule has 1 aliphatic heterocycles. The topological polar surface area (TPSA) is 208 Å². The Bertz CT molecular complexity index is 1300. The Morgan fingerprint density at radius 1 is 0.707 bits per heavy atom. The average Bonchev–Trinajstić information content (AvgIpc) is 3.38. The van der Waals surface area contributed by atoms with Crippen molar-refractivity contribution in [1.29, 1.82) is 0 Å². The van der Waals surface area contributed by atoms with E-state index in [1.807, 2.05) is 0 Å². The van der Waals surface area contributed by atoms with E-state index in [9.17, 15) is 29.4 Å². The zero-order valence-corrected chi connectivity index (χ0v) is 22.6. The molecule has 16 nitrogen and oxygen atoms in total. The summed E-state index contributed by atoms with van der Waals surface area (Å²) in [6.07, 6.45) is 3.05. The quantitative estimate of drug-likeness (QED) is 0.154. The fourth-order valence-corrected chi connectivity index (χ4v) is 3.78. The van der Waals surface area contributed by atoms with Crippen LogP contribution in [0.5, 0.6) is 23.0 Å². The van der Waals surface area contributed by atoms with Crippen LogP contribution in [-0.4, -0.2) is 86.6 Å². The van der Waals surface area contributed by atoms with Crippen molar-refractivity contribution in [3.63, 3.8) is 0 Å². The van der Waals surface area contributed by atoms with Gasteiger partial charge in [-0.05, 0) is 0 Å². The first-order valence-corrected chi connectivity index (χ1v) is 11.8. The summed E-state index contributed by atoms with van der Waals surface area (Å²) in [6, 6.07) is 4.99. The predicted octanol–water partition coefficient (Wildman–Crippen LogP) is 0.459. The number of anilines is 4. The number of hydrogen-bond donors (Lipinski definition) is 7. The summed E-state index contributed by atoms with van der Waals surface area (Å²) in [4.78, 5) is 51.9. The number of carbonyl (C=O) groups excluding carboxylic acids is 4. The number of amides is 4.